The first-order chi connectivity index (χ1) is 9.52. The van der Waals surface area contributed by atoms with Crippen molar-refractivity contribution in [3.8, 4) is 0 Å². The number of hydrogen-bond donors (Lipinski definition) is 1. The third-order valence-corrected chi connectivity index (χ3v) is 3.97. The number of anilines is 1. The molecule has 1 aliphatic rings. The van der Waals surface area contributed by atoms with Crippen LogP contribution in [-0.2, 0) is 20.8 Å². The van der Waals surface area contributed by atoms with Crippen molar-refractivity contribution in [1.29, 1.82) is 0 Å². The van der Waals surface area contributed by atoms with Gasteiger partial charge in [-0.25, -0.2) is 4.68 Å². The van der Waals surface area contributed by atoms with Gasteiger partial charge < -0.3 is 14.8 Å². The summed E-state index contributed by atoms with van der Waals surface area (Å²) in [6.07, 6.45) is 2.47. The van der Waals surface area contributed by atoms with Crippen LogP contribution in [0.5, 0.6) is 0 Å². The predicted octanol–water partition coefficient (Wildman–Crippen LogP) is 0.768. The molecule has 0 aliphatic carbocycles. The highest BCUT2D eigenvalue weighted by atomic mass is 79.9. The molecule has 1 saturated heterocycles. The van der Waals surface area contributed by atoms with Gasteiger partial charge in [0, 0.05) is 6.61 Å². The molecule has 1 aliphatic heterocycles. The van der Waals surface area contributed by atoms with Crippen LogP contribution in [-0.4, -0.2) is 41.6 Å². The fourth-order valence-electron chi connectivity index (χ4n) is 1.99. The summed E-state index contributed by atoms with van der Waals surface area (Å²) < 4.78 is 11.4. The van der Waals surface area contributed by atoms with Gasteiger partial charge in [0.2, 0.25) is 0 Å². The van der Waals surface area contributed by atoms with Gasteiger partial charge in [-0.2, -0.15) is 5.10 Å². The highest BCUT2D eigenvalue weighted by Crippen LogP contribution is 2.22. The smallest absolute Gasteiger partial charge is 0.327 e. The zero-order valence-corrected chi connectivity index (χ0v) is 12.8. The molecule has 1 fully saturated rings. The van der Waals surface area contributed by atoms with Crippen LogP contribution in [0.4, 0.5) is 5.69 Å². The second-order valence-corrected chi connectivity index (χ2v) is 5.32. The minimum atomic E-state index is -0.523. The van der Waals surface area contributed by atoms with E-state index in [9.17, 15) is 9.59 Å². The van der Waals surface area contributed by atoms with Crippen molar-refractivity contribution in [2.45, 2.75) is 32.0 Å². The van der Waals surface area contributed by atoms with E-state index in [0.717, 1.165) is 11.1 Å². The largest absolute Gasteiger partial charge is 0.468 e. The molecule has 0 aromatic carbocycles. The van der Waals surface area contributed by atoms with E-state index in [1.165, 1.54) is 13.3 Å². The predicted molar refractivity (Wildman–Crippen MR) is 75.7 cm³/mol. The van der Waals surface area contributed by atoms with Crippen molar-refractivity contribution in [2.75, 3.05) is 19.0 Å². The van der Waals surface area contributed by atoms with E-state index in [1.807, 2.05) is 6.92 Å². The third kappa shape index (κ3) is 3.18. The van der Waals surface area contributed by atoms with E-state index < -0.39 is 5.97 Å². The Morgan fingerprint density at radius 1 is 1.70 bits per heavy atom. The Morgan fingerprint density at radius 2 is 2.45 bits per heavy atom. The number of carbonyl (C=O) groups excluding carboxylic acids is 1. The molecule has 2 atom stereocenters. The second-order valence-electron chi connectivity index (χ2n) is 4.53. The number of esters is 1. The van der Waals surface area contributed by atoms with Gasteiger partial charge in [-0.15, -0.1) is 0 Å². The molecule has 110 valence electrons. The third-order valence-electron chi connectivity index (χ3n) is 3.21. The molecule has 1 aromatic rings. The summed E-state index contributed by atoms with van der Waals surface area (Å²) in [6.45, 7) is 2.46. The Balaban J connectivity index is 2.18. The quantitative estimate of drug-likeness (QED) is 0.811. The van der Waals surface area contributed by atoms with Crippen LogP contribution in [0.2, 0.25) is 0 Å². The van der Waals surface area contributed by atoms with Crippen molar-refractivity contribution in [3.05, 3.63) is 21.0 Å². The number of nitrogens with zero attached hydrogens (tertiary/aromatic N) is 2. The fraction of sp³-hybridized carbons (Fsp3) is 0.583. The fourth-order valence-corrected chi connectivity index (χ4v) is 2.41. The number of hydrogen-bond acceptors (Lipinski definition) is 6. The number of ether oxygens (including phenoxy) is 2. The summed E-state index contributed by atoms with van der Waals surface area (Å²) in [5, 5.41) is 7.19. The van der Waals surface area contributed by atoms with Crippen molar-refractivity contribution < 1.29 is 14.3 Å². The maximum absolute atomic E-state index is 12.1. The highest BCUT2D eigenvalue weighted by Gasteiger charge is 2.25. The molecular formula is C12H16BrN3O4. The van der Waals surface area contributed by atoms with Gasteiger partial charge in [0.15, 0.2) is 0 Å². The van der Waals surface area contributed by atoms with Crippen molar-refractivity contribution in [2.24, 2.45) is 0 Å². The SMILES string of the molecule is COC(=O)Cn1ncc(NC2CCOC2C)c(Br)c1=O. The van der Waals surface area contributed by atoms with Gasteiger partial charge in [-0.05, 0) is 29.3 Å². The molecule has 7 nitrogen and oxygen atoms in total. The summed E-state index contributed by atoms with van der Waals surface area (Å²) in [5.74, 6) is -0.523. The highest BCUT2D eigenvalue weighted by molar-refractivity contribution is 9.10. The van der Waals surface area contributed by atoms with Crippen molar-refractivity contribution in [3.63, 3.8) is 0 Å². The Morgan fingerprint density at radius 3 is 3.05 bits per heavy atom. The number of aromatic nitrogens is 2. The van der Waals surface area contributed by atoms with E-state index in [1.54, 1.807) is 0 Å². The lowest BCUT2D eigenvalue weighted by molar-refractivity contribution is -0.141. The first kappa shape index (κ1) is 15.0. The molecule has 8 heteroatoms. The second kappa shape index (κ2) is 6.36. The van der Waals surface area contributed by atoms with Gasteiger partial charge in [-0.1, -0.05) is 0 Å². The summed E-state index contributed by atoms with van der Waals surface area (Å²) in [7, 11) is 1.26. The van der Waals surface area contributed by atoms with Crippen LogP contribution in [0.25, 0.3) is 0 Å². The van der Waals surface area contributed by atoms with Gasteiger partial charge >= 0.3 is 5.97 Å². The lowest BCUT2D eigenvalue weighted by atomic mass is 10.1. The normalized spacial score (nSPS) is 21.8. The van der Waals surface area contributed by atoms with E-state index in [4.69, 9.17) is 4.74 Å². The number of halogens is 1. The van der Waals surface area contributed by atoms with E-state index in [0.29, 0.717) is 16.8 Å². The van der Waals surface area contributed by atoms with Gasteiger partial charge in [0.1, 0.15) is 11.0 Å². The van der Waals surface area contributed by atoms with E-state index in [2.05, 4.69) is 31.1 Å². The number of methoxy groups -OCH3 is 1. The van der Waals surface area contributed by atoms with Gasteiger partial charge in [0.25, 0.3) is 5.56 Å². The zero-order valence-electron chi connectivity index (χ0n) is 11.3. The maximum Gasteiger partial charge on any atom is 0.327 e. The molecule has 2 unspecified atom stereocenters. The van der Waals surface area contributed by atoms with Gasteiger partial charge in [0.05, 0.1) is 31.1 Å². The Hall–Kier alpha value is -1.41. The van der Waals surface area contributed by atoms with Crippen LogP contribution < -0.4 is 10.9 Å². The topological polar surface area (TPSA) is 82.5 Å². The number of nitrogens with one attached hydrogen (secondary N) is 1. The molecular weight excluding hydrogens is 330 g/mol. The van der Waals surface area contributed by atoms with Crippen LogP contribution in [0.3, 0.4) is 0 Å². The molecule has 2 heterocycles. The maximum atomic E-state index is 12.1. The van der Waals surface area contributed by atoms with Crippen LogP contribution in [0.1, 0.15) is 13.3 Å². The average Bonchev–Trinajstić information content (AvgIpc) is 2.83. The van der Waals surface area contributed by atoms with Gasteiger partial charge in [-0.3, -0.25) is 9.59 Å². The molecule has 20 heavy (non-hydrogen) atoms. The molecule has 0 radical (unpaired) electrons. The average molecular weight is 346 g/mol. The molecule has 0 amide bonds. The summed E-state index contributed by atoms with van der Waals surface area (Å²) in [5.41, 5.74) is 0.213. The van der Waals surface area contributed by atoms with Crippen LogP contribution >= 0.6 is 15.9 Å². The number of carbonyl (C=O) groups is 1. The standard InChI is InChI=1S/C12H16BrN3O4/c1-7-8(3-4-20-7)15-9-5-14-16(6-10(17)19-2)12(18)11(9)13/h5,7-8,15H,3-4,6H2,1-2H3. The summed E-state index contributed by atoms with van der Waals surface area (Å²) >= 11 is 3.24. The lowest BCUT2D eigenvalue weighted by Crippen LogP contribution is -2.31. The van der Waals surface area contributed by atoms with E-state index >= 15 is 0 Å². The Bertz CT molecular complexity index is 560. The molecule has 0 spiro atoms. The van der Waals surface area contributed by atoms with E-state index in [-0.39, 0.29) is 24.2 Å². The zero-order chi connectivity index (χ0) is 14.7. The first-order valence-corrected chi connectivity index (χ1v) is 7.02. The molecule has 0 bridgehead atoms. The summed E-state index contributed by atoms with van der Waals surface area (Å²) in [4.78, 5) is 23.3. The first-order valence-electron chi connectivity index (χ1n) is 6.23. The molecule has 2 rings (SSSR count). The van der Waals surface area contributed by atoms with Crippen LogP contribution in [0, 0.1) is 0 Å². The number of rotatable bonds is 4. The Kier molecular flexibility index (Phi) is 4.77. The molecule has 0 saturated carbocycles. The molecule has 1 aromatic heterocycles. The Labute approximate surface area is 124 Å². The minimum Gasteiger partial charge on any atom is -0.468 e. The minimum absolute atomic E-state index is 0.0828. The summed E-state index contributed by atoms with van der Waals surface area (Å²) in [6, 6.07) is 0.143. The molecule has 1 N–H and O–H groups in total. The van der Waals surface area contributed by atoms with Crippen LogP contribution in [0.15, 0.2) is 15.5 Å². The monoisotopic (exact) mass is 345 g/mol. The lowest BCUT2D eigenvalue weighted by Gasteiger charge is -2.18. The van der Waals surface area contributed by atoms with Crippen molar-refractivity contribution >= 4 is 27.6 Å². The van der Waals surface area contributed by atoms with Crippen molar-refractivity contribution in [1.82, 2.24) is 9.78 Å².